The van der Waals surface area contributed by atoms with Crippen molar-refractivity contribution in [1.82, 2.24) is 10.6 Å². The molecule has 1 aliphatic rings. The number of hydrogen-bond acceptors (Lipinski definition) is 2. The fraction of sp³-hybridized carbons (Fsp3) is 0.650. The van der Waals surface area contributed by atoms with Crippen molar-refractivity contribution in [3.63, 3.8) is 0 Å². The summed E-state index contributed by atoms with van der Waals surface area (Å²) >= 11 is 0. The highest BCUT2D eigenvalue weighted by molar-refractivity contribution is 14.0. The second-order valence-electron chi connectivity index (χ2n) is 6.93. The minimum absolute atomic E-state index is 0. The number of rotatable bonds is 7. The molecule has 2 atom stereocenters. The van der Waals surface area contributed by atoms with E-state index in [1.165, 1.54) is 12.0 Å². The summed E-state index contributed by atoms with van der Waals surface area (Å²) in [5.74, 6) is 2.08. The number of guanidine groups is 1. The van der Waals surface area contributed by atoms with Crippen LogP contribution in [0.5, 0.6) is 0 Å². The van der Waals surface area contributed by atoms with Crippen LogP contribution in [-0.2, 0) is 4.74 Å². The number of nitrogens with one attached hydrogen (secondary N) is 2. The quantitative estimate of drug-likeness (QED) is 0.362. The van der Waals surface area contributed by atoms with Gasteiger partial charge in [-0.05, 0) is 37.7 Å². The minimum Gasteiger partial charge on any atom is -0.373 e. The lowest BCUT2D eigenvalue weighted by Crippen LogP contribution is -2.39. The second kappa shape index (κ2) is 12.5. The van der Waals surface area contributed by atoms with Gasteiger partial charge in [0.1, 0.15) is 0 Å². The standard InChI is InChI=1S/C20H33N3O.HI/c1-4-21-20(22-13-12-16(2)3)23-15-18-11-8-14-24-19(18)17-9-6-5-7-10-17;/h5-7,9-10,16,18-19H,4,8,11-15H2,1-3H3,(H2,21,22,23);1H. The van der Waals surface area contributed by atoms with Crippen molar-refractivity contribution >= 4 is 29.9 Å². The van der Waals surface area contributed by atoms with E-state index in [0.717, 1.165) is 45.0 Å². The van der Waals surface area contributed by atoms with Crippen molar-refractivity contribution in [3.8, 4) is 0 Å². The van der Waals surface area contributed by atoms with Crippen LogP contribution >= 0.6 is 24.0 Å². The van der Waals surface area contributed by atoms with Crippen LogP contribution in [-0.4, -0.2) is 32.2 Å². The molecule has 0 bridgehead atoms. The van der Waals surface area contributed by atoms with E-state index in [9.17, 15) is 0 Å². The van der Waals surface area contributed by atoms with E-state index in [0.29, 0.717) is 11.8 Å². The highest BCUT2D eigenvalue weighted by Crippen LogP contribution is 2.33. The molecule has 4 nitrogen and oxygen atoms in total. The largest absolute Gasteiger partial charge is 0.373 e. The van der Waals surface area contributed by atoms with E-state index in [1.807, 2.05) is 0 Å². The first kappa shape index (κ1) is 22.2. The summed E-state index contributed by atoms with van der Waals surface area (Å²) in [6.45, 7) is 10.1. The molecule has 0 radical (unpaired) electrons. The summed E-state index contributed by atoms with van der Waals surface area (Å²) in [6.07, 6.45) is 3.63. The maximum atomic E-state index is 6.07. The lowest BCUT2D eigenvalue weighted by molar-refractivity contribution is -0.0250. The Morgan fingerprint density at radius 3 is 2.68 bits per heavy atom. The van der Waals surface area contributed by atoms with Gasteiger partial charge in [-0.15, -0.1) is 24.0 Å². The van der Waals surface area contributed by atoms with Gasteiger partial charge in [-0.1, -0.05) is 44.2 Å². The van der Waals surface area contributed by atoms with Gasteiger partial charge in [0, 0.05) is 32.2 Å². The molecule has 1 heterocycles. The van der Waals surface area contributed by atoms with Gasteiger partial charge >= 0.3 is 0 Å². The average Bonchev–Trinajstić information content (AvgIpc) is 2.60. The molecular weight excluding hydrogens is 425 g/mol. The predicted octanol–water partition coefficient (Wildman–Crippen LogP) is 4.37. The number of benzene rings is 1. The summed E-state index contributed by atoms with van der Waals surface area (Å²) in [4.78, 5) is 4.82. The van der Waals surface area contributed by atoms with E-state index >= 15 is 0 Å². The van der Waals surface area contributed by atoms with Crippen LogP contribution in [0.3, 0.4) is 0 Å². The first-order chi connectivity index (χ1) is 11.7. The summed E-state index contributed by atoms with van der Waals surface area (Å²) in [6, 6.07) is 10.6. The van der Waals surface area contributed by atoms with Crippen LogP contribution in [0.1, 0.15) is 51.7 Å². The van der Waals surface area contributed by atoms with Crippen molar-refractivity contribution in [2.45, 2.75) is 46.1 Å². The summed E-state index contributed by atoms with van der Waals surface area (Å²) < 4.78 is 6.07. The minimum atomic E-state index is 0. The number of nitrogens with zero attached hydrogens (tertiary/aromatic N) is 1. The molecule has 2 rings (SSSR count). The van der Waals surface area contributed by atoms with Gasteiger partial charge in [-0.3, -0.25) is 4.99 Å². The number of ether oxygens (including phenoxy) is 1. The highest BCUT2D eigenvalue weighted by atomic mass is 127. The number of hydrogen-bond donors (Lipinski definition) is 2. The van der Waals surface area contributed by atoms with Gasteiger partial charge in [0.25, 0.3) is 0 Å². The molecule has 0 aromatic heterocycles. The summed E-state index contributed by atoms with van der Waals surface area (Å²) in [7, 11) is 0. The average molecular weight is 459 g/mol. The number of halogens is 1. The van der Waals surface area contributed by atoms with Crippen LogP contribution in [0.2, 0.25) is 0 Å². The fourth-order valence-corrected chi connectivity index (χ4v) is 3.07. The Hall–Kier alpha value is -0.820. The van der Waals surface area contributed by atoms with Crippen molar-refractivity contribution in [3.05, 3.63) is 35.9 Å². The molecule has 1 aliphatic heterocycles. The van der Waals surface area contributed by atoms with E-state index in [1.54, 1.807) is 0 Å². The van der Waals surface area contributed by atoms with Gasteiger partial charge in [-0.25, -0.2) is 0 Å². The van der Waals surface area contributed by atoms with Crippen LogP contribution in [0.15, 0.2) is 35.3 Å². The molecule has 2 unspecified atom stereocenters. The Morgan fingerprint density at radius 1 is 1.24 bits per heavy atom. The van der Waals surface area contributed by atoms with Crippen molar-refractivity contribution in [1.29, 1.82) is 0 Å². The third-order valence-corrected chi connectivity index (χ3v) is 4.42. The van der Waals surface area contributed by atoms with E-state index < -0.39 is 0 Å². The second-order valence-corrected chi connectivity index (χ2v) is 6.93. The SMILES string of the molecule is CCNC(=NCC1CCCOC1c1ccccc1)NCCC(C)C.I. The maximum Gasteiger partial charge on any atom is 0.191 e. The molecule has 5 heteroatoms. The smallest absolute Gasteiger partial charge is 0.191 e. The molecular formula is C20H34IN3O. The zero-order valence-corrected chi connectivity index (χ0v) is 18.2. The first-order valence-corrected chi connectivity index (χ1v) is 9.39. The van der Waals surface area contributed by atoms with Crippen LogP contribution in [0, 0.1) is 11.8 Å². The summed E-state index contributed by atoms with van der Waals surface area (Å²) in [5.41, 5.74) is 1.27. The van der Waals surface area contributed by atoms with Gasteiger partial charge in [-0.2, -0.15) is 0 Å². The Bertz CT molecular complexity index is 493. The fourth-order valence-electron chi connectivity index (χ4n) is 3.07. The normalized spacial score (nSPS) is 20.9. The predicted molar refractivity (Wildman–Crippen MR) is 117 cm³/mol. The molecule has 1 aromatic rings. The van der Waals surface area contributed by atoms with Crippen molar-refractivity contribution in [2.24, 2.45) is 16.8 Å². The zero-order chi connectivity index (χ0) is 17.2. The Balaban J connectivity index is 0.00000312. The van der Waals surface area contributed by atoms with Gasteiger partial charge < -0.3 is 15.4 Å². The molecule has 142 valence electrons. The molecule has 1 saturated heterocycles. The van der Waals surface area contributed by atoms with Gasteiger partial charge in [0.2, 0.25) is 0 Å². The Labute approximate surface area is 170 Å². The lowest BCUT2D eigenvalue weighted by atomic mass is 9.89. The molecule has 0 aliphatic carbocycles. The molecule has 0 saturated carbocycles. The number of aliphatic imine (C=N–C) groups is 1. The summed E-state index contributed by atoms with van der Waals surface area (Å²) in [5, 5.41) is 6.79. The third-order valence-electron chi connectivity index (χ3n) is 4.42. The third kappa shape index (κ3) is 7.94. The Morgan fingerprint density at radius 2 is 2.00 bits per heavy atom. The Kier molecular flexibility index (Phi) is 11.1. The van der Waals surface area contributed by atoms with Crippen LogP contribution < -0.4 is 10.6 Å². The molecule has 0 spiro atoms. The van der Waals surface area contributed by atoms with Crippen molar-refractivity contribution < 1.29 is 4.74 Å². The monoisotopic (exact) mass is 459 g/mol. The zero-order valence-electron chi connectivity index (χ0n) is 15.8. The van der Waals surface area contributed by atoms with E-state index in [-0.39, 0.29) is 30.1 Å². The van der Waals surface area contributed by atoms with Gasteiger partial charge in [0.05, 0.1) is 6.10 Å². The first-order valence-electron chi connectivity index (χ1n) is 9.39. The van der Waals surface area contributed by atoms with Gasteiger partial charge in [0.15, 0.2) is 5.96 Å². The van der Waals surface area contributed by atoms with Crippen molar-refractivity contribution in [2.75, 3.05) is 26.2 Å². The highest BCUT2D eigenvalue weighted by Gasteiger charge is 2.27. The van der Waals surface area contributed by atoms with Crippen LogP contribution in [0.4, 0.5) is 0 Å². The van der Waals surface area contributed by atoms with E-state index in [4.69, 9.17) is 9.73 Å². The topological polar surface area (TPSA) is 45.7 Å². The molecule has 2 N–H and O–H groups in total. The molecule has 1 fully saturated rings. The maximum absolute atomic E-state index is 6.07. The lowest BCUT2D eigenvalue weighted by Gasteiger charge is -2.31. The molecule has 0 amide bonds. The molecule has 1 aromatic carbocycles. The molecule has 25 heavy (non-hydrogen) atoms. The van der Waals surface area contributed by atoms with Crippen LogP contribution in [0.25, 0.3) is 0 Å². The van der Waals surface area contributed by atoms with E-state index in [2.05, 4.69) is 61.7 Å².